The molecular formula is C17H16Cl2FNO. The maximum Gasteiger partial charge on any atom is 0.269 e. The number of allylic oxidation sites excluding steroid dienone is 1. The van der Waals surface area contributed by atoms with Gasteiger partial charge in [-0.3, -0.25) is 4.79 Å². The predicted molar refractivity (Wildman–Crippen MR) is 91.1 cm³/mol. The van der Waals surface area contributed by atoms with E-state index < -0.39 is 5.82 Å². The van der Waals surface area contributed by atoms with Crippen LogP contribution in [0, 0.1) is 5.82 Å². The van der Waals surface area contributed by atoms with E-state index in [9.17, 15) is 9.18 Å². The minimum absolute atomic E-state index is 0.149. The number of hydrogen-bond acceptors (Lipinski definition) is 1. The first-order chi connectivity index (χ1) is 10.3. The van der Waals surface area contributed by atoms with Crippen LogP contribution in [0.3, 0.4) is 0 Å². The zero-order valence-corrected chi connectivity index (χ0v) is 14.1. The first-order valence-electron chi connectivity index (χ1n) is 6.88. The lowest BCUT2D eigenvalue weighted by atomic mass is 10.0. The Bertz CT molecular complexity index is 805. The molecule has 5 heteroatoms. The van der Waals surface area contributed by atoms with Crippen LogP contribution in [-0.2, 0) is 6.54 Å². The monoisotopic (exact) mass is 339 g/mol. The summed E-state index contributed by atoms with van der Waals surface area (Å²) in [6, 6.07) is 5.77. The second-order valence-corrected chi connectivity index (χ2v) is 6.01. The van der Waals surface area contributed by atoms with Gasteiger partial charge >= 0.3 is 0 Å². The molecule has 0 aliphatic rings. The van der Waals surface area contributed by atoms with Crippen molar-refractivity contribution >= 4 is 29.3 Å². The normalized spacial score (nSPS) is 10.6. The number of halogens is 3. The Kier molecular flexibility index (Phi) is 5.09. The molecule has 2 aromatic rings. The smallest absolute Gasteiger partial charge is 0.269 e. The van der Waals surface area contributed by atoms with Crippen LogP contribution in [0.1, 0.15) is 26.3 Å². The molecule has 0 atom stereocenters. The van der Waals surface area contributed by atoms with E-state index in [1.54, 1.807) is 16.7 Å². The first kappa shape index (κ1) is 16.8. The number of benzene rings is 1. The Morgan fingerprint density at radius 1 is 1.23 bits per heavy atom. The molecule has 2 rings (SSSR count). The topological polar surface area (TPSA) is 22.0 Å². The molecule has 0 spiro atoms. The van der Waals surface area contributed by atoms with Gasteiger partial charge in [-0.2, -0.15) is 0 Å². The van der Waals surface area contributed by atoms with Gasteiger partial charge in [0.15, 0.2) is 0 Å². The highest BCUT2D eigenvalue weighted by Crippen LogP contribution is 2.32. The van der Waals surface area contributed by atoms with Crippen molar-refractivity contribution in [2.75, 3.05) is 0 Å². The zero-order chi connectivity index (χ0) is 16.4. The van der Waals surface area contributed by atoms with Crippen LogP contribution in [0.25, 0.3) is 17.3 Å². The molecule has 0 bridgehead atoms. The van der Waals surface area contributed by atoms with Gasteiger partial charge in [-0.25, -0.2) is 4.39 Å². The molecule has 22 heavy (non-hydrogen) atoms. The Morgan fingerprint density at radius 2 is 1.91 bits per heavy atom. The maximum atomic E-state index is 13.3. The van der Waals surface area contributed by atoms with Gasteiger partial charge in [0.05, 0.1) is 10.7 Å². The van der Waals surface area contributed by atoms with Gasteiger partial charge in [-0.05, 0) is 45.0 Å². The molecule has 0 N–H and O–H groups in total. The molecule has 0 saturated heterocycles. The van der Waals surface area contributed by atoms with E-state index in [-0.39, 0.29) is 15.6 Å². The molecule has 0 unspecified atom stereocenters. The molecule has 2 nitrogen and oxygen atoms in total. The average Bonchev–Trinajstić information content (AvgIpc) is 2.42. The Balaban J connectivity index is 2.90. The van der Waals surface area contributed by atoms with E-state index in [0.29, 0.717) is 17.8 Å². The molecule has 1 aromatic heterocycles. The summed E-state index contributed by atoms with van der Waals surface area (Å²) in [4.78, 5) is 12.3. The van der Waals surface area contributed by atoms with E-state index in [1.807, 2.05) is 26.8 Å². The van der Waals surface area contributed by atoms with Crippen LogP contribution >= 0.6 is 23.2 Å². The van der Waals surface area contributed by atoms with E-state index in [4.69, 9.17) is 23.2 Å². The Labute approximate surface area is 138 Å². The highest BCUT2D eigenvalue weighted by atomic mass is 35.5. The predicted octanol–water partition coefficient (Wildman–Crippen LogP) is 5.40. The quantitative estimate of drug-likeness (QED) is 0.733. The SMILES string of the molecule is CCn1c(-c2ccc(F)cc2Cl)c(C=C(C)C)cc(Cl)c1=O. The largest absolute Gasteiger partial charge is 0.307 e. The van der Waals surface area contributed by atoms with Crippen LogP contribution in [0.2, 0.25) is 10.0 Å². The minimum Gasteiger partial charge on any atom is -0.307 e. The summed E-state index contributed by atoms with van der Waals surface area (Å²) in [5.41, 5.74) is 2.79. The third-order valence-corrected chi connectivity index (χ3v) is 3.81. The van der Waals surface area contributed by atoms with Crippen molar-refractivity contribution < 1.29 is 4.39 Å². The van der Waals surface area contributed by atoms with E-state index in [2.05, 4.69) is 0 Å². The van der Waals surface area contributed by atoms with Crippen molar-refractivity contribution in [3.63, 3.8) is 0 Å². The third-order valence-electron chi connectivity index (χ3n) is 3.22. The minimum atomic E-state index is -0.420. The van der Waals surface area contributed by atoms with Gasteiger partial charge in [-0.1, -0.05) is 34.9 Å². The van der Waals surface area contributed by atoms with Gasteiger partial charge in [0.25, 0.3) is 5.56 Å². The second kappa shape index (κ2) is 6.67. The summed E-state index contributed by atoms with van der Waals surface area (Å²) in [7, 11) is 0. The molecule has 1 heterocycles. The molecule has 0 amide bonds. The van der Waals surface area contributed by atoms with Crippen molar-refractivity contribution in [2.24, 2.45) is 0 Å². The average molecular weight is 340 g/mol. The van der Waals surface area contributed by atoms with Crippen molar-refractivity contribution in [2.45, 2.75) is 27.3 Å². The summed E-state index contributed by atoms with van der Waals surface area (Å²) in [6.07, 6.45) is 1.92. The zero-order valence-electron chi connectivity index (χ0n) is 12.6. The molecular weight excluding hydrogens is 324 g/mol. The fourth-order valence-corrected chi connectivity index (χ4v) is 2.83. The highest BCUT2D eigenvalue weighted by molar-refractivity contribution is 6.33. The van der Waals surface area contributed by atoms with Crippen LogP contribution in [-0.4, -0.2) is 4.57 Å². The van der Waals surface area contributed by atoms with Crippen molar-refractivity contribution in [1.82, 2.24) is 4.57 Å². The molecule has 0 aliphatic carbocycles. The highest BCUT2D eigenvalue weighted by Gasteiger charge is 2.16. The lowest BCUT2D eigenvalue weighted by Gasteiger charge is -2.16. The molecule has 0 fully saturated rings. The summed E-state index contributed by atoms with van der Waals surface area (Å²) in [6.45, 7) is 6.19. The van der Waals surface area contributed by atoms with Crippen molar-refractivity contribution in [3.05, 3.63) is 61.6 Å². The molecule has 0 radical (unpaired) electrons. The van der Waals surface area contributed by atoms with Crippen molar-refractivity contribution in [1.29, 1.82) is 0 Å². The molecule has 0 aliphatic heterocycles. The van der Waals surface area contributed by atoms with Crippen LogP contribution in [0.5, 0.6) is 0 Å². The fourth-order valence-electron chi connectivity index (χ4n) is 2.36. The number of hydrogen-bond donors (Lipinski definition) is 0. The van der Waals surface area contributed by atoms with Gasteiger partial charge < -0.3 is 4.57 Å². The Hall–Kier alpha value is -1.58. The van der Waals surface area contributed by atoms with E-state index in [1.165, 1.54) is 12.1 Å². The lowest BCUT2D eigenvalue weighted by Crippen LogP contribution is -2.22. The van der Waals surface area contributed by atoms with Crippen molar-refractivity contribution in [3.8, 4) is 11.3 Å². The first-order valence-corrected chi connectivity index (χ1v) is 7.64. The number of aromatic nitrogens is 1. The van der Waals surface area contributed by atoms with Gasteiger partial charge in [0.2, 0.25) is 0 Å². The van der Waals surface area contributed by atoms with Crippen LogP contribution in [0.15, 0.2) is 34.6 Å². The summed E-state index contributed by atoms with van der Waals surface area (Å²) in [5, 5.41) is 0.406. The number of nitrogens with zero attached hydrogens (tertiary/aromatic N) is 1. The fraction of sp³-hybridized carbons (Fsp3) is 0.235. The molecule has 116 valence electrons. The number of rotatable bonds is 3. The van der Waals surface area contributed by atoms with Crippen LogP contribution < -0.4 is 5.56 Å². The summed E-state index contributed by atoms with van der Waals surface area (Å²) in [5.74, 6) is -0.420. The van der Waals surface area contributed by atoms with Gasteiger partial charge in [0.1, 0.15) is 10.8 Å². The van der Waals surface area contributed by atoms with Crippen LogP contribution in [0.4, 0.5) is 4.39 Å². The summed E-state index contributed by atoms with van der Waals surface area (Å²) >= 11 is 12.2. The van der Waals surface area contributed by atoms with Gasteiger partial charge in [-0.15, -0.1) is 0 Å². The second-order valence-electron chi connectivity index (χ2n) is 5.19. The molecule has 1 aromatic carbocycles. The summed E-state index contributed by atoms with van der Waals surface area (Å²) < 4.78 is 14.9. The van der Waals surface area contributed by atoms with E-state index in [0.717, 1.165) is 11.1 Å². The Morgan fingerprint density at radius 3 is 2.45 bits per heavy atom. The number of pyridine rings is 1. The third kappa shape index (κ3) is 3.26. The maximum absolute atomic E-state index is 13.3. The molecule has 0 saturated carbocycles. The lowest BCUT2D eigenvalue weighted by molar-refractivity contribution is 0.628. The van der Waals surface area contributed by atoms with Gasteiger partial charge in [0, 0.05) is 17.7 Å². The van der Waals surface area contributed by atoms with E-state index >= 15 is 0 Å². The standard InChI is InChI=1S/C17H16Cl2FNO/c1-4-21-16(13-6-5-12(20)9-14(13)18)11(7-10(2)3)8-15(19)17(21)22/h5-9H,4H2,1-3H3.